The molecule has 2 unspecified atom stereocenters. The second kappa shape index (κ2) is 5.16. The highest BCUT2D eigenvalue weighted by Crippen LogP contribution is 2.20. The van der Waals surface area contributed by atoms with E-state index in [1.807, 2.05) is 11.8 Å². The van der Waals surface area contributed by atoms with Crippen molar-refractivity contribution in [2.24, 2.45) is 17.8 Å². The Morgan fingerprint density at radius 2 is 2.13 bits per heavy atom. The Hall–Kier alpha value is -1.04. The predicted molar refractivity (Wildman–Crippen MR) is 58.9 cm³/mol. The lowest BCUT2D eigenvalue weighted by Gasteiger charge is -2.32. The Morgan fingerprint density at radius 3 is 2.67 bits per heavy atom. The van der Waals surface area contributed by atoms with Crippen molar-refractivity contribution >= 4 is 5.91 Å². The number of nitriles is 1. The molecule has 0 aromatic heterocycles. The van der Waals surface area contributed by atoms with Crippen LogP contribution in [0.3, 0.4) is 0 Å². The van der Waals surface area contributed by atoms with Gasteiger partial charge >= 0.3 is 0 Å². The van der Waals surface area contributed by atoms with E-state index < -0.39 is 0 Å². The van der Waals surface area contributed by atoms with Crippen molar-refractivity contribution in [2.75, 3.05) is 13.1 Å². The molecule has 1 heterocycles. The molecule has 1 saturated heterocycles. The number of hydrogen-bond donors (Lipinski definition) is 0. The zero-order valence-electron chi connectivity index (χ0n) is 9.86. The fourth-order valence-corrected chi connectivity index (χ4v) is 1.86. The molecule has 0 saturated carbocycles. The van der Waals surface area contributed by atoms with Gasteiger partial charge in [0.05, 0.1) is 12.0 Å². The van der Waals surface area contributed by atoms with Crippen molar-refractivity contribution in [1.29, 1.82) is 5.26 Å². The van der Waals surface area contributed by atoms with E-state index in [1.165, 1.54) is 0 Å². The highest BCUT2D eigenvalue weighted by molar-refractivity contribution is 5.78. The van der Waals surface area contributed by atoms with Crippen molar-refractivity contribution in [1.82, 2.24) is 4.90 Å². The number of amides is 1. The maximum absolute atomic E-state index is 12.0. The van der Waals surface area contributed by atoms with Crippen molar-refractivity contribution in [2.45, 2.75) is 33.6 Å². The molecule has 1 aliphatic rings. The van der Waals surface area contributed by atoms with Gasteiger partial charge in [-0.3, -0.25) is 4.79 Å². The normalized spacial score (nSPS) is 23.7. The summed E-state index contributed by atoms with van der Waals surface area (Å²) >= 11 is 0. The SMILES string of the molecule is CC(C)C(C)C(=O)N1CCCC(C#N)C1. The second-order valence-corrected chi connectivity index (χ2v) is 4.79. The fourth-order valence-electron chi connectivity index (χ4n) is 1.86. The summed E-state index contributed by atoms with van der Waals surface area (Å²) in [7, 11) is 0. The quantitative estimate of drug-likeness (QED) is 0.697. The molecule has 1 fully saturated rings. The molecule has 1 aliphatic heterocycles. The van der Waals surface area contributed by atoms with E-state index in [2.05, 4.69) is 19.9 Å². The number of rotatable bonds is 2. The van der Waals surface area contributed by atoms with Crippen molar-refractivity contribution in [3.8, 4) is 6.07 Å². The third-order valence-electron chi connectivity index (χ3n) is 3.31. The molecule has 1 rings (SSSR count). The lowest BCUT2D eigenvalue weighted by atomic mass is 9.93. The molecule has 3 heteroatoms. The topological polar surface area (TPSA) is 44.1 Å². The fraction of sp³-hybridized carbons (Fsp3) is 0.833. The van der Waals surface area contributed by atoms with Crippen LogP contribution < -0.4 is 0 Å². The first-order valence-electron chi connectivity index (χ1n) is 5.74. The van der Waals surface area contributed by atoms with Gasteiger partial charge < -0.3 is 4.90 Å². The molecule has 0 aromatic rings. The van der Waals surface area contributed by atoms with Gasteiger partial charge in [0.15, 0.2) is 0 Å². The highest BCUT2D eigenvalue weighted by Gasteiger charge is 2.27. The van der Waals surface area contributed by atoms with Crippen LogP contribution in [0.25, 0.3) is 0 Å². The van der Waals surface area contributed by atoms with Gasteiger partial charge in [-0.1, -0.05) is 20.8 Å². The van der Waals surface area contributed by atoms with Crippen LogP contribution in [-0.4, -0.2) is 23.9 Å². The standard InChI is InChI=1S/C12H20N2O/c1-9(2)10(3)12(15)14-6-4-5-11(7-13)8-14/h9-11H,4-6,8H2,1-3H3. The van der Waals surface area contributed by atoms with Crippen LogP contribution in [0.5, 0.6) is 0 Å². The molecule has 0 aliphatic carbocycles. The summed E-state index contributed by atoms with van der Waals surface area (Å²) in [5.41, 5.74) is 0. The third-order valence-corrected chi connectivity index (χ3v) is 3.31. The first-order valence-corrected chi connectivity index (χ1v) is 5.74. The minimum atomic E-state index is 0.0436. The molecule has 0 radical (unpaired) electrons. The van der Waals surface area contributed by atoms with E-state index >= 15 is 0 Å². The molecule has 3 nitrogen and oxygen atoms in total. The number of hydrogen-bond acceptors (Lipinski definition) is 2. The Balaban J connectivity index is 2.57. The summed E-state index contributed by atoms with van der Waals surface area (Å²) < 4.78 is 0. The van der Waals surface area contributed by atoms with Crippen LogP contribution in [-0.2, 0) is 4.79 Å². The molecular formula is C12H20N2O. The molecule has 0 bridgehead atoms. The summed E-state index contributed by atoms with van der Waals surface area (Å²) in [6.45, 7) is 7.56. The summed E-state index contributed by atoms with van der Waals surface area (Å²) in [6, 6.07) is 2.26. The first-order chi connectivity index (χ1) is 7.06. The van der Waals surface area contributed by atoms with Gasteiger partial charge in [0.2, 0.25) is 5.91 Å². The molecule has 84 valence electrons. The third kappa shape index (κ3) is 2.95. The van der Waals surface area contributed by atoms with Crippen LogP contribution in [0, 0.1) is 29.1 Å². The van der Waals surface area contributed by atoms with Crippen molar-refractivity contribution < 1.29 is 4.79 Å². The zero-order chi connectivity index (χ0) is 11.4. The molecule has 1 amide bonds. The van der Waals surface area contributed by atoms with Gasteiger partial charge in [-0.25, -0.2) is 0 Å². The van der Waals surface area contributed by atoms with Crippen LogP contribution in [0.15, 0.2) is 0 Å². The van der Waals surface area contributed by atoms with E-state index in [1.54, 1.807) is 0 Å². The second-order valence-electron chi connectivity index (χ2n) is 4.79. The Labute approximate surface area is 92.1 Å². The minimum Gasteiger partial charge on any atom is -0.341 e. The maximum Gasteiger partial charge on any atom is 0.225 e. The average Bonchev–Trinajstić information content (AvgIpc) is 2.27. The van der Waals surface area contributed by atoms with E-state index in [4.69, 9.17) is 5.26 Å². The van der Waals surface area contributed by atoms with Crippen LogP contribution in [0.1, 0.15) is 33.6 Å². The van der Waals surface area contributed by atoms with E-state index in [0.29, 0.717) is 12.5 Å². The van der Waals surface area contributed by atoms with E-state index in [0.717, 1.165) is 19.4 Å². The summed E-state index contributed by atoms with van der Waals surface area (Å²) in [6.07, 6.45) is 1.91. The Kier molecular flexibility index (Phi) is 4.14. The molecule has 0 spiro atoms. The van der Waals surface area contributed by atoms with Gasteiger partial charge in [-0.15, -0.1) is 0 Å². The smallest absolute Gasteiger partial charge is 0.225 e. The first kappa shape index (κ1) is 12.0. The van der Waals surface area contributed by atoms with Gasteiger partial charge in [-0.2, -0.15) is 5.26 Å². The molecule has 0 N–H and O–H groups in total. The van der Waals surface area contributed by atoms with E-state index in [9.17, 15) is 4.79 Å². The van der Waals surface area contributed by atoms with Gasteiger partial charge in [0.25, 0.3) is 0 Å². The predicted octanol–water partition coefficient (Wildman–Crippen LogP) is 2.04. The lowest BCUT2D eigenvalue weighted by Crippen LogP contribution is -2.43. The zero-order valence-corrected chi connectivity index (χ0v) is 9.86. The largest absolute Gasteiger partial charge is 0.341 e. The summed E-state index contributed by atoms with van der Waals surface area (Å²) in [5.74, 6) is 0.703. The highest BCUT2D eigenvalue weighted by atomic mass is 16.2. The van der Waals surface area contributed by atoms with Crippen LogP contribution in [0.4, 0.5) is 0 Å². The van der Waals surface area contributed by atoms with Gasteiger partial charge in [0.1, 0.15) is 0 Å². The number of carbonyl (C=O) groups is 1. The molecule has 0 aromatic carbocycles. The van der Waals surface area contributed by atoms with Gasteiger partial charge in [-0.05, 0) is 18.8 Å². The van der Waals surface area contributed by atoms with Gasteiger partial charge in [0, 0.05) is 19.0 Å². The van der Waals surface area contributed by atoms with Crippen molar-refractivity contribution in [3.63, 3.8) is 0 Å². The Bertz CT molecular complexity index is 267. The maximum atomic E-state index is 12.0. The number of carbonyl (C=O) groups excluding carboxylic acids is 1. The van der Waals surface area contributed by atoms with Crippen LogP contribution in [0.2, 0.25) is 0 Å². The van der Waals surface area contributed by atoms with E-state index in [-0.39, 0.29) is 17.7 Å². The average molecular weight is 208 g/mol. The molecular weight excluding hydrogens is 188 g/mol. The lowest BCUT2D eigenvalue weighted by molar-refractivity contribution is -0.137. The minimum absolute atomic E-state index is 0.0436. The molecule has 15 heavy (non-hydrogen) atoms. The Morgan fingerprint density at radius 1 is 1.47 bits per heavy atom. The molecule has 2 atom stereocenters. The number of piperidine rings is 1. The van der Waals surface area contributed by atoms with Crippen molar-refractivity contribution in [3.05, 3.63) is 0 Å². The number of nitrogens with zero attached hydrogens (tertiary/aromatic N) is 2. The monoisotopic (exact) mass is 208 g/mol. The van der Waals surface area contributed by atoms with Crippen LogP contribution >= 0.6 is 0 Å². The summed E-state index contributed by atoms with van der Waals surface area (Å²) in [5, 5.41) is 8.85. The number of likely N-dealkylation sites (tertiary alicyclic amines) is 1. The summed E-state index contributed by atoms with van der Waals surface area (Å²) in [4.78, 5) is 13.9.